The van der Waals surface area contributed by atoms with E-state index < -0.39 is 5.60 Å². The van der Waals surface area contributed by atoms with Gasteiger partial charge in [-0.3, -0.25) is 0 Å². The lowest BCUT2D eigenvalue weighted by atomic mass is 10.1. The van der Waals surface area contributed by atoms with Gasteiger partial charge in [-0.2, -0.15) is 0 Å². The quantitative estimate of drug-likeness (QED) is 0.786. The number of rotatable bonds is 5. The number of hydrogen-bond acceptors (Lipinski definition) is 3. The third-order valence-electron chi connectivity index (χ3n) is 1.82. The van der Waals surface area contributed by atoms with Crippen molar-refractivity contribution in [1.29, 1.82) is 0 Å². The van der Waals surface area contributed by atoms with Gasteiger partial charge in [-0.05, 0) is 38.8 Å². The normalized spacial score (nSPS) is 10.8. The van der Waals surface area contributed by atoms with Crippen LogP contribution in [-0.4, -0.2) is 18.3 Å². The minimum Gasteiger partial charge on any atom is -0.466 e. The van der Waals surface area contributed by atoms with E-state index >= 15 is 0 Å². The van der Waals surface area contributed by atoms with Gasteiger partial charge in [0.25, 0.3) is 0 Å². The fourth-order valence-electron chi connectivity index (χ4n) is 1.02. The zero-order valence-corrected chi connectivity index (χ0v) is 10.8. The maximum absolute atomic E-state index is 9.28. The number of ether oxygens (including phenoxy) is 1. The fourth-order valence-corrected chi connectivity index (χ4v) is 1.02. The molecule has 0 spiro atoms. The molecule has 0 bridgehead atoms. The van der Waals surface area contributed by atoms with Crippen LogP contribution in [0.5, 0.6) is 0 Å². The number of hydrogen-bond donors (Lipinski definition) is 1. The molecule has 3 heteroatoms. The maximum atomic E-state index is 9.28. The zero-order chi connectivity index (χ0) is 12.4. The van der Waals surface area contributed by atoms with Crippen molar-refractivity contribution >= 4 is 0 Å². The lowest BCUT2D eigenvalue weighted by Gasteiger charge is -2.12. The van der Waals surface area contributed by atoms with Gasteiger partial charge in [0.1, 0.15) is 11.4 Å². The van der Waals surface area contributed by atoms with E-state index in [1.165, 1.54) is 0 Å². The second-order valence-corrected chi connectivity index (χ2v) is 4.15. The van der Waals surface area contributed by atoms with Crippen molar-refractivity contribution in [1.82, 2.24) is 0 Å². The SMILES string of the molecule is CC(C)(O)c1ccco1.CCCOCCC. The minimum absolute atomic E-state index is 0.600. The first kappa shape index (κ1) is 15.2. The zero-order valence-electron chi connectivity index (χ0n) is 10.8. The van der Waals surface area contributed by atoms with Crippen LogP contribution >= 0.6 is 0 Å². The van der Waals surface area contributed by atoms with Crippen molar-refractivity contribution in [3.63, 3.8) is 0 Å². The van der Waals surface area contributed by atoms with Crippen LogP contribution in [0, 0.1) is 0 Å². The highest BCUT2D eigenvalue weighted by molar-refractivity contribution is 5.05. The molecule has 0 fully saturated rings. The standard InChI is InChI=1S/C7H10O2.C6H14O/c1-7(2,8)6-4-3-5-9-6;1-3-5-7-6-4-2/h3-5,8H,1-2H3;3-6H2,1-2H3. The van der Waals surface area contributed by atoms with Crippen LogP contribution in [0.1, 0.15) is 46.3 Å². The van der Waals surface area contributed by atoms with E-state index in [0.29, 0.717) is 5.76 Å². The molecule has 1 N–H and O–H groups in total. The van der Waals surface area contributed by atoms with Crippen molar-refractivity contribution < 1.29 is 14.3 Å². The molecule has 16 heavy (non-hydrogen) atoms. The van der Waals surface area contributed by atoms with Crippen molar-refractivity contribution in [2.45, 2.75) is 46.1 Å². The highest BCUT2D eigenvalue weighted by Crippen LogP contribution is 2.18. The molecule has 0 aromatic carbocycles. The van der Waals surface area contributed by atoms with Gasteiger partial charge in [0.05, 0.1) is 6.26 Å². The van der Waals surface area contributed by atoms with Gasteiger partial charge in [0.2, 0.25) is 0 Å². The van der Waals surface area contributed by atoms with Crippen molar-refractivity contribution in [2.24, 2.45) is 0 Å². The summed E-state index contributed by atoms with van der Waals surface area (Å²) in [4.78, 5) is 0. The molecule has 0 radical (unpaired) electrons. The summed E-state index contributed by atoms with van der Waals surface area (Å²) in [6.45, 7) is 9.46. The van der Waals surface area contributed by atoms with Crippen LogP contribution in [0.2, 0.25) is 0 Å². The molecule has 1 aromatic heterocycles. The molecule has 94 valence electrons. The van der Waals surface area contributed by atoms with Crippen molar-refractivity contribution in [3.05, 3.63) is 24.2 Å². The predicted octanol–water partition coefficient (Wildman–Crippen LogP) is 3.33. The average Bonchev–Trinajstić information content (AvgIpc) is 2.72. The Morgan fingerprint density at radius 1 is 1.25 bits per heavy atom. The van der Waals surface area contributed by atoms with Crippen LogP contribution in [-0.2, 0) is 10.3 Å². The minimum atomic E-state index is -0.844. The van der Waals surface area contributed by atoms with E-state index in [-0.39, 0.29) is 0 Å². The molecule has 0 saturated heterocycles. The van der Waals surface area contributed by atoms with E-state index in [4.69, 9.17) is 9.15 Å². The van der Waals surface area contributed by atoms with Crippen LogP contribution in [0.4, 0.5) is 0 Å². The molecule has 0 amide bonds. The van der Waals surface area contributed by atoms with Gasteiger partial charge < -0.3 is 14.3 Å². The number of aliphatic hydroxyl groups is 1. The third kappa shape index (κ3) is 7.49. The molecule has 1 aromatic rings. The molecule has 0 aliphatic rings. The van der Waals surface area contributed by atoms with Gasteiger partial charge in [-0.15, -0.1) is 0 Å². The topological polar surface area (TPSA) is 42.6 Å². The summed E-state index contributed by atoms with van der Waals surface area (Å²) in [6, 6.07) is 3.51. The average molecular weight is 228 g/mol. The van der Waals surface area contributed by atoms with Gasteiger partial charge >= 0.3 is 0 Å². The Kier molecular flexibility index (Phi) is 7.95. The third-order valence-corrected chi connectivity index (χ3v) is 1.82. The summed E-state index contributed by atoms with van der Waals surface area (Å²) in [7, 11) is 0. The molecular formula is C13H24O3. The largest absolute Gasteiger partial charge is 0.466 e. The second-order valence-electron chi connectivity index (χ2n) is 4.15. The highest BCUT2D eigenvalue weighted by Gasteiger charge is 2.17. The predicted molar refractivity (Wildman–Crippen MR) is 65.4 cm³/mol. The summed E-state index contributed by atoms with van der Waals surface area (Å²) in [5.41, 5.74) is -0.844. The summed E-state index contributed by atoms with van der Waals surface area (Å²) in [5.74, 6) is 0.600. The molecule has 0 unspecified atom stereocenters. The first-order chi connectivity index (χ1) is 7.52. The molecule has 0 saturated carbocycles. The fraction of sp³-hybridized carbons (Fsp3) is 0.692. The van der Waals surface area contributed by atoms with Crippen molar-refractivity contribution in [2.75, 3.05) is 13.2 Å². The van der Waals surface area contributed by atoms with Crippen molar-refractivity contribution in [3.8, 4) is 0 Å². The van der Waals surface area contributed by atoms with Gasteiger partial charge in [-0.25, -0.2) is 0 Å². The van der Waals surface area contributed by atoms with E-state index in [0.717, 1.165) is 26.1 Å². The molecule has 0 aliphatic carbocycles. The lowest BCUT2D eigenvalue weighted by molar-refractivity contribution is 0.0541. The highest BCUT2D eigenvalue weighted by atomic mass is 16.5. The van der Waals surface area contributed by atoms with Crippen LogP contribution in [0.15, 0.2) is 22.8 Å². The number of furan rings is 1. The molecule has 1 rings (SSSR count). The van der Waals surface area contributed by atoms with E-state index in [1.807, 2.05) is 0 Å². The van der Waals surface area contributed by atoms with Crippen LogP contribution < -0.4 is 0 Å². The Balaban J connectivity index is 0.000000293. The Labute approximate surface area is 98.4 Å². The first-order valence-corrected chi connectivity index (χ1v) is 5.86. The Hall–Kier alpha value is -0.800. The maximum Gasteiger partial charge on any atom is 0.134 e. The van der Waals surface area contributed by atoms with E-state index in [9.17, 15) is 5.11 Å². The van der Waals surface area contributed by atoms with Crippen LogP contribution in [0.25, 0.3) is 0 Å². The van der Waals surface area contributed by atoms with E-state index in [2.05, 4.69) is 13.8 Å². The molecule has 1 heterocycles. The molecule has 0 atom stereocenters. The Morgan fingerprint density at radius 2 is 1.81 bits per heavy atom. The smallest absolute Gasteiger partial charge is 0.134 e. The molecular weight excluding hydrogens is 204 g/mol. The summed E-state index contributed by atoms with van der Waals surface area (Å²) >= 11 is 0. The Bertz CT molecular complexity index is 230. The summed E-state index contributed by atoms with van der Waals surface area (Å²) in [6.07, 6.45) is 3.83. The van der Waals surface area contributed by atoms with E-state index in [1.54, 1.807) is 32.2 Å². The Morgan fingerprint density at radius 3 is 2.06 bits per heavy atom. The second kappa shape index (κ2) is 8.36. The monoisotopic (exact) mass is 228 g/mol. The summed E-state index contributed by atoms with van der Waals surface area (Å²) in [5, 5.41) is 9.28. The molecule has 3 nitrogen and oxygen atoms in total. The summed E-state index contributed by atoms with van der Waals surface area (Å²) < 4.78 is 10.1. The first-order valence-electron chi connectivity index (χ1n) is 5.86. The lowest BCUT2D eigenvalue weighted by Crippen LogP contribution is -2.13. The van der Waals surface area contributed by atoms with Gasteiger partial charge in [-0.1, -0.05) is 13.8 Å². The molecule has 0 aliphatic heterocycles. The van der Waals surface area contributed by atoms with Crippen LogP contribution in [0.3, 0.4) is 0 Å². The van der Waals surface area contributed by atoms with Gasteiger partial charge in [0.15, 0.2) is 0 Å². The van der Waals surface area contributed by atoms with Gasteiger partial charge in [0, 0.05) is 13.2 Å².